The Morgan fingerprint density at radius 3 is 2.56 bits per heavy atom. The van der Waals surface area contributed by atoms with E-state index in [0.29, 0.717) is 42.0 Å². The van der Waals surface area contributed by atoms with Crippen molar-refractivity contribution in [2.24, 2.45) is 5.92 Å². The summed E-state index contributed by atoms with van der Waals surface area (Å²) in [5, 5.41) is 24.0. The first kappa shape index (κ1) is 30.6. The molecule has 10 heteroatoms. The Balaban J connectivity index is 1.63. The lowest BCUT2D eigenvalue weighted by atomic mass is 10.0. The summed E-state index contributed by atoms with van der Waals surface area (Å²) in [4.78, 5) is 29.0. The maximum Gasteiger partial charge on any atom is 0.410 e. The zero-order chi connectivity index (χ0) is 28.7. The molecule has 0 aliphatic rings. The molecule has 9 nitrogen and oxygen atoms in total. The number of carbonyl (C=O) groups is 1. The highest BCUT2D eigenvalue weighted by Crippen LogP contribution is 2.31. The van der Waals surface area contributed by atoms with Crippen LogP contribution < -0.4 is 10.2 Å². The molecule has 0 aliphatic carbocycles. The SMILES string of the molecule is COC[C@@H](C(C)C)N(Cc1cccc(CCNC[C@H](O)c2ccc(O)c3[nH]c(=O)sc23)c1)C(=O)OC(C)(C)C. The fourth-order valence-corrected chi connectivity index (χ4v) is 5.33. The lowest BCUT2D eigenvalue weighted by Gasteiger charge is -2.35. The molecule has 2 aromatic carbocycles. The number of aliphatic hydroxyl groups excluding tert-OH is 1. The van der Waals surface area contributed by atoms with Gasteiger partial charge >= 0.3 is 11.0 Å². The number of carbonyl (C=O) groups excluding carboxylic acids is 1. The van der Waals surface area contributed by atoms with Crippen LogP contribution in [0.5, 0.6) is 5.75 Å². The Labute approximate surface area is 233 Å². The number of thiazole rings is 1. The maximum atomic E-state index is 13.1. The lowest BCUT2D eigenvalue weighted by Crippen LogP contribution is -2.47. The van der Waals surface area contributed by atoms with Crippen molar-refractivity contribution in [2.75, 3.05) is 26.8 Å². The molecule has 1 amide bonds. The van der Waals surface area contributed by atoms with Gasteiger partial charge in [-0.05, 0) is 56.8 Å². The molecule has 4 N–H and O–H groups in total. The number of fused-ring (bicyclic) bond motifs is 1. The summed E-state index contributed by atoms with van der Waals surface area (Å²) in [5.74, 6) is 0.165. The van der Waals surface area contributed by atoms with Crippen LogP contribution in [0, 0.1) is 5.92 Å². The van der Waals surface area contributed by atoms with Gasteiger partial charge in [0.25, 0.3) is 0 Å². The average Bonchev–Trinajstić information content (AvgIpc) is 3.25. The van der Waals surface area contributed by atoms with Gasteiger partial charge in [0.15, 0.2) is 0 Å². The number of nitrogens with zero attached hydrogens (tertiary/aromatic N) is 1. The highest BCUT2D eigenvalue weighted by Gasteiger charge is 2.30. The van der Waals surface area contributed by atoms with Crippen molar-refractivity contribution >= 4 is 27.6 Å². The Morgan fingerprint density at radius 1 is 1.18 bits per heavy atom. The van der Waals surface area contributed by atoms with Gasteiger partial charge in [-0.3, -0.25) is 9.69 Å². The molecule has 214 valence electrons. The molecule has 0 unspecified atom stereocenters. The number of rotatable bonds is 12. The Bertz CT molecular complexity index is 1300. The molecule has 0 bridgehead atoms. The summed E-state index contributed by atoms with van der Waals surface area (Å²) in [6, 6.07) is 11.1. The number of aromatic nitrogens is 1. The van der Waals surface area contributed by atoms with Crippen LogP contribution in [0.3, 0.4) is 0 Å². The molecular formula is C29H41N3O6S. The van der Waals surface area contributed by atoms with Crippen molar-refractivity contribution in [1.29, 1.82) is 0 Å². The van der Waals surface area contributed by atoms with Crippen LogP contribution in [0.15, 0.2) is 41.2 Å². The average molecular weight is 560 g/mol. The number of methoxy groups -OCH3 is 1. The van der Waals surface area contributed by atoms with E-state index in [1.165, 1.54) is 6.07 Å². The first-order valence-electron chi connectivity index (χ1n) is 13.2. The number of nitrogens with one attached hydrogen (secondary N) is 2. The molecule has 0 radical (unpaired) electrons. The van der Waals surface area contributed by atoms with Crippen LogP contribution in [-0.2, 0) is 22.4 Å². The van der Waals surface area contributed by atoms with E-state index in [1.54, 1.807) is 18.1 Å². The number of hydrogen-bond acceptors (Lipinski definition) is 8. The Hall–Kier alpha value is -2.92. The number of amides is 1. The first-order valence-corrected chi connectivity index (χ1v) is 14.0. The van der Waals surface area contributed by atoms with Gasteiger partial charge in [0.2, 0.25) is 0 Å². The minimum absolute atomic E-state index is 0.0145. The maximum absolute atomic E-state index is 13.1. The van der Waals surface area contributed by atoms with Crippen LogP contribution in [-0.4, -0.2) is 64.6 Å². The van der Waals surface area contributed by atoms with Gasteiger partial charge in [0.1, 0.15) is 16.9 Å². The topological polar surface area (TPSA) is 124 Å². The summed E-state index contributed by atoms with van der Waals surface area (Å²) in [6.07, 6.45) is -0.474. The highest BCUT2D eigenvalue weighted by atomic mass is 32.1. The van der Waals surface area contributed by atoms with Gasteiger partial charge in [-0.1, -0.05) is 55.5 Å². The molecular weight excluding hydrogens is 518 g/mol. The van der Waals surface area contributed by atoms with E-state index in [1.807, 2.05) is 39.0 Å². The van der Waals surface area contributed by atoms with Crippen molar-refractivity contribution < 1.29 is 24.5 Å². The van der Waals surface area contributed by atoms with E-state index >= 15 is 0 Å². The van der Waals surface area contributed by atoms with Gasteiger partial charge in [-0.15, -0.1) is 0 Å². The van der Waals surface area contributed by atoms with Crippen molar-refractivity contribution in [1.82, 2.24) is 15.2 Å². The summed E-state index contributed by atoms with van der Waals surface area (Å²) in [5.41, 5.74) is 2.44. The van der Waals surface area contributed by atoms with Gasteiger partial charge in [0, 0.05) is 25.8 Å². The predicted molar refractivity (Wildman–Crippen MR) is 154 cm³/mol. The second-order valence-electron chi connectivity index (χ2n) is 11.1. The monoisotopic (exact) mass is 559 g/mol. The number of hydrogen-bond donors (Lipinski definition) is 4. The normalized spacial score (nSPS) is 13.5. The number of ether oxygens (including phenoxy) is 2. The summed E-state index contributed by atoms with van der Waals surface area (Å²) >= 11 is 0.971. The molecule has 0 spiro atoms. The largest absolute Gasteiger partial charge is 0.506 e. The van der Waals surface area contributed by atoms with E-state index in [2.05, 4.69) is 30.2 Å². The van der Waals surface area contributed by atoms with Gasteiger partial charge in [0.05, 0.1) is 23.5 Å². The fraction of sp³-hybridized carbons (Fsp3) is 0.517. The fourth-order valence-electron chi connectivity index (χ4n) is 4.41. The molecule has 0 saturated carbocycles. The zero-order valence-electron chi connectivity index (χ0n) is 23.6. The van der Waals surface area contributed by atoms with Crippen molar-refractivity contribution in [3.63, 3.8) is 0 Å². The van der Waals surface area contributed by atoms with Gasteiger partial charge < -0.3 is 30.0 Å². The third-order valence-electron chi connectivity index (χ3n) is 6.35. The van der Waals surface area contributed by atoms with E-state index < -0.39 is 11.7 Å². The standard InChI is InChI=1S/C29H41N3O6S/c1-18(2)22(17-37-6)32(28(36)38-29(3,4)5)16-20-9-7-8-19(14-20)12-13-30-15-24(34)21-10-11-23(33)25-26(21)39-27(35)31-25/h7-11,14,18,22,24,30,33-34H,12-13,15-17H2,1-6H3,(H,31,35)/t22-,24-/m0/s1. The number of aromatic amines is 1. The van der Waals surface area contributed by atoms with E-state index in [-0.39, 0.29) is 28.7 Å². The summed E-state index contributed by atoms with van der Waals surface area (Å²) < 4.78 is 11.7. The molecule has 2 atom stereocenters. The number of H-pyrrole nitrogens is 1. The second-order valence-corrected chi connectivity index (χ2v) is 12.0. The van der Waals surface area contributed by atoms with Crippen LogP contribution in [0.1, 0.15) is 57.4 Å². The minimum atomic E-state index is -0.831. The molecule has 39 heavy (non-hydrogen) atoms. The smallest absolute Gasteiger partial charge is 0.410 e. The first-order chi connectivity index (χ1) is 18.4. The number of phenolic OH excluding ortho intramolecular Hbond substituents is 1. The quantitative estimate of drug-likeness (QED) is 0.240. The van der Waals surface area contributed by atoms with E-state index in [9.17, 15) is 19.8 Å². The molecule has 0 fully saturated rings. The van der Waals surface area contributed by atoms with E-state index in [0.717, 1.165) is 28.9 Å². The van der Waals surface area contributed by atoms with Gasteiger partial charge in [-0.25, -0.2) is 4.79 Å². The van der Waals surface area contributed by atoms with Crippen molar-refractivity contribution in [3.05, 3.63) is 62.8 Å². The lowest BCUT2D eigenvalue weighted by molar-refractivity contribution is -0.00451. The van der Waals surface area contributed by atoms with Crippen molar-refractivity contribution in [2.45, 2.75) is 65.3 Å². The van der Waals surface area contributed by atoms with Crippen LogP contribution in [0.2, 0.25) is 0 Å². The van der Waals surface area contributed by atoms with Crippen LogP contribution in [0.4, 0.5) is 4.79 Å². The summed E-state index contributed by atoms with van der Waals surface area (Å²) in [6.45, 7) is 11.4. The van der Waals surface area contributed by atoms with Crippen LogP contribution >= 0.6 is 11.3 Å². The molecule has 0 saturated heterocycles. The number of aromatic hydroxyl groups is 1. The number of benzene rings is 2. The van der Waals surface area contributed by atoms with Crippen LogP contribution in [0.25, 0.3) is 10.2 Å². The van der Waals surface area contributed by atoms with E-state index in [4.69, 9.17) is 9.47 Å². The molecule has 0 aliphatic heterocycles. The minimum Gasteiger partial charge on any atom is -0.506 e. The number of phenols is 1. The van der Waals surface area contributed by atoms with Gasteiger partial charge in [-0.2, -0.15) is 0 Å². The Morgan fingerprint density at radius 2 is 1.90 bits per heavy atom. The third-order valence-corrected chi connectivity index (χ3v) is 7.29. The number of aliphatic hydroxyl groups is 1. The zero-order valence-corrected chi connectivity index (χ0v) is 24.4. The molecule has 3 rings (SSSR count). The van der Waals surface area contributed by atoms with Crippen molar-refractivity contribution in [3.8, 4) is 5.75 Å². The second kappa shape index (κ2) is 13.4. The third kappa shape index (κ3) is 8.53. The molecule has 1 aromatic heterocycles. The molecule has 3 aromatic rings. The summed E-state index contributed by atoms with van der Waals surface area (Å²) in [7, 11) is 1.64. The predicted octanol–water partition coefficient (Wildman–Crippen LogP) is 4.57. The molecule has 1 heterocycles. The Kier molecular flexibility index (Phi) is 10.5. The highest BCUT2D eigenvalue weighted by molar-refractivity contribution is 7.16.